The van der Waals surface area contributed by atoms with E-state index in [0.717, 1.165) is 68.0 Å². The molecule has 2 aromatic rings. The van der Waals surface area contributed by atoms with E-state index in [-0.39, 0.29) is 11.9 Å². The van der Waals surface area contributed by atoms with Crippen LogP contribution in [0.2, 0.25) is 0 Å². The highest BCUT2D eigenvalue weighted by Gasteiger charge is 2.23. The van der Waals surface area contributed by atoms with Gasteiger partial charge in [-0.3, -0.25) is 14.6 Å². The molecule has 1 amide bonds. The van der Waals surface area contributed by atoms with Crippen molar-refractivity contribution in [2.24, 2.45) is 0 Å². The number of rotatable bonds is 6. The summed E-state index contributed by atoms with van der Waals surface area (Å²) in [4.78, 5) is 28.7. The number of thiophene rings is 1. The summed E-state index contributed by atoms with van der Waals surface area (Å²) in [5, 5.41) is 4.15. The molecular formula is C21H32N6OS. The molecule has 0 bridgehead atoms. The number of carbonyl (C=O) groups is 1. The third-order valence-corrected chi connectivity index (χ3v) is 7.29. The summed E-state index contributed by atoms with van der Waals surface area (Å²) >= 11 is 1.80. The third-order valence-electron chi connectivity index (χ3n) is 6.11. The number of piperazine rings is 1. The number of nitrogens with one attached hydrogen (secondary N) is 1. The van der Waals surface area contributed by atoms with Crippen molar-refractivity contribution in [3.8, 4) is 0 Å². The number of aryl methyl sites for hydroxylation is 2. The lowest BCUT2D eigenvalue weighted by Crippen LogP contribution is -2.50. The number of nitrogens with zero attached hydrogens (tertiary/aromatic N) is 4. The Labute approximate surface area is 176 Å². The minimum atomic E-state index is 0.121. The maximum atomic E-state index is 12.1. The molecule has 158 valence electrons. The van der Waals surface area contributed by atoms with Gasteiger partial charge in [0.2, 0.25) is 5.91 Å². The topological polar surface area (TPSA) is 87.4 Å². The Morgan fingerprint density at radius 1 is 1.17 bits per heavy atom. The fourth-order valence-electron chi connectivity index (χ4n) is 4.23. The number of amides is 1. The van der Waals surface area contributed by atoms with E-state index in [0.29, 0.717) is 12.4 Å². The van der Waals surface area contributed by atoms with E-state index < -0.39 is 0 Å². The summed E-state index contributed by atoms with van der Waals surface area (Å²) in [6.07, 6.45) is 5.71. The molecule has 1 unspecified atom stereocenters. The van der Waals surface area contributed by atoms with Crippen LogP contribution in [0.5, 0.6) is 0 Å². The van der Waals surface area contributed by atoms with Gasteiger partial charge in [0.15, 0.2) is 0 Å². The molecule has 0 radical (unpaired) electrons. The molecule has 2 aromatic heterocycles. The second-order valence-electron chi connectivity index (χ2n) is 8.35. The predicted molar refractivity (Wildman–Crippen MR) is 118 cm³/mol. The molecule has 0 saturated carbocycles. The van der Waals surface area contributed by atoms with Crippen molar-refractivity contribution in [1.29, 1.82) is 0 Å². The zero-order valence-corrected chi connectivity index (χ0v) is 18.4. The molecular weight excluding hydrogens is 384 g/mol. The molecule has 0 spiro atoms. The van der Waals surface area contributed by atoms with E-state index in [1.54, 1.807) is 11.3 Å². The van der Waals surface area contributed by atoms with Gasteiger partial charge < -0.3 is 11.1 Å². The van der Waals surface area contributed by atoms with E-state index in [2.05, 4.69) is 27.0 Å². The van der Waals surface area contributed by atoms with E-state index in [1.165, 1.54) is 23.3 Å². The summed E-state index contributed by atoms with van der Waals surface area (Å²) in [7, 11) is 0. The Hall–Kier alpha value is -1.77. The lowest BCUT2D eigenvalue weighted by molar-refractivity contribution is -0.123. The normalized spacial score (nSPS) is 19.2. The molecule has 8 heteroatoms. The van der Waals surface area contributed by atoms with Crippen molar-refractivity contribution >= 4 is 33.3 Å². The van der Waals surface area contributed by atoms with Gasteiger partial charge in [0.1, 0.15) is 16.5 Å². The van der Waals surface area contributed by atoms with Crippen molar-refractivity contribution in [3.63, 3.8) is 0 Å². The number of nitrogens with two attached hydrogens (primary N) is 1. The molecule has 2 aliphatic rings. The number of anilines is 1. The number of aromatic nitrogens is 2. The Morgan fingerprint density at radius 2 is 1.90 bits per heavy atom. The van der Waals surface area contributed by atoms with Crippen molar-refractivity contribution in [3.05, 3.63) is 16.3 Å². The Kier molecular flexibility index (Phi) is 6.32. The maximum Gasteiger partial charge on any atom is 0.234 e. The van der Waals surface area contributed by atoms with Crippen LogP contribution in [0.1, 0.15) is 49.4 Å². The average Bonchev–Trinajstić information content (AvgIpc) is 3.08. The highest BCUT2D eigenvalue weighted by Crippen LogP contribution is 2.37. The zero-order valence-electron chi connectivity index (χ0n) is 17.5. The lowest BCUT2D eigenvalue weighted by Gasteiger charge is -2.34. The minimum Gasteiger partial charge on any atom is -0.383 e. The third kappa shape index (κ3) is 4.70. The molecule has 3 N–H and O–H groups in total. The largest absolute Gasteiger partial charge is 0.383 e. The SMILES string of the molecule is CCC(C)NC(=O)CN1CCN(Cc2nc(N)c3c4c(sc3n2)CCCC4)CC1. The summed E-state index contributed by atoms with van der Waals surface area (Å²) in [6.45, 7) is 8.93. The summed E-state index contributed by atoms with van der Waals surface area (Å²) in [5.74, 6) is 1.58. The Morgan fingerprint density at radius 3 is 2.66 bits per heavy atom. The van der Waals surface area contributed by atoms with Crippen LogP contribution < -0.4 is 11.1 Å². The van der Waals surface area contributed by atoms with Gasteiger partial charge in [0.05, 0.1) is 18.5 Å². The van der Waals surface area contributed by atoms with Gasteiger partial charge >= 0.3 is 0 Å². The summed E-state index contributed by atoms with van der Waals surface area (Å²) in [6, 6.07) is 0.240. The molecule has 0 aromatic carbocycles. The van der Waals surface area contributed by atoms with Crippen molar-refractivity contribution in [2.45, 2.75) is 58.5 Å². The molecule has 1 aliphatic carbocycles. The summed E-state index contributed by atoms with van der Waals surface area (Å²) < 4.78 is 0. The van der Waals surface area contributed by atoms with Crippen LogP contribution in [0.3, 0.4) is 0 Å². The number of hydrogen-bond donors (Lipinski definition) is 2. The first kappa shape index (κ1) is 20.5. The minimum absolute atomic E-state index is 0.121. The molecule has 1 fully saturated rings. The van der Waals surface area contributed by atoms with Gasteiger partial charge in [0.25, 0.3) is 0 Å². The van der Waals surface area contributed by atoms with Crippen molar-refractivity contribution in [1.82, 2.24) is 25.1 Å². The van der Waals surface area contributed by atoms with Gasteiger partial charge in [-0.2, -0.15) is 0 Å². The number of nitrogen functional groups attached to an aromatic ring is 1. The van der Waals surface area contributed by atoms with Crippen LogP contribution in [-0.2, 0) is 24.2 Å². The van der Waals surface area contributed by atoms with Crippen molar-refractivity contribution < 1.29 is 4.79 Å². The molecule has 7 nitrogen and oxygen atoms in total. The van der Waals surface area contributed by atoms with Crippen LogP contribution in [0.25, 0.3) is 10.2 Å². The van der Waals surface area contributed by atoms with Crippen LogP contribution in [0.4, 0.5) is 5.82 Å². The predicted octanol–water partition coefficient (Wildman–Crippen LogP) is 2.18. The molecule has 1 atom stereocenters. The second kappa shape index (κ2) is 8.93. The Balaban J connectivity index is 1.35. The van der Waals surface area contributed by atoms with Gasteiger partial charge in [0, 0.05) is 37.1 Å². The fraction of sp³-hybridized carbons (Fsp3) is 0.667. The quantitative estimate of drug-likeness (QED) is 0.751. The van der Waals surface area contributed by atoms with E-state index in [9.17, 15) is 4.79 Å². The lowest BCUT2D eigenvalue weighted by atomic mass is 9.97. The van der Waals surface area contributed by atoms with Gasteiger partial charge in [-0.1, -0.05) is 6.92 Å². The van der Waals surface area contributed by atoms with Gasteiger partial charge in [-0.05, 0) is 44.6 Å². The monoisotopic (exact) mass is 416 g/mol. The fourth-order valence-corrected chi connectivity index (χ4v) is 5.52. The van der Waals surface area contributed by atoms with E-state index >= 15 is 0 Å². The van der Waals surface area contributed by atoms with E-state index in [1.807, 2.05) is 6.92 Å². The average molecular weight is 417 g/mol. The number of fused-ring (bicyclic) bond motifs is 3. The highest BCUT2D eigenvalue weighted by atomic mass is 32.1. The first-order valence-corrected chi connectivity index (χ1v) is 11.7. The van der Waals surface area contributed by atoms with E-state index in [4.69, 9.17) is 10.7 Å². The first-order chi connectivity index (χ1) is 14.0. The zero-order chi connectivity index (χ0) is 20.4. The highest BCUT2D eigenvalue weighted by molar-refractivity contribution is 7.19. The molecule has 3 heterocycles. The molecule has 4 rings (SSSR count). The molecule has 1 saturated heterocycles. The first-order valence-electron chi connectivity index (χ1n) is 10.8. The summed E-state index contributed by atoms with van der Waals surface area (Å²) in [5.41, 5.74) is 7.74. The van der Waals surface area contributed by atoms with Crippen molar-refractivity contribution in [2.75, 3.05) is 38.5 Å². The Bertz CT molecular complexity index is 874. The van der Waals surface area contributed by atoms with Gasteiger partial charge in [-0.15, -0.1) is 11.3 Å². The molecule has 29 heavy (non-hydrogen) atoms. The standard InChI is InChI=1S/C21H32N6OS/c1-3-14(2)23-18(28)13-27-10-8-26(9-11-27)12-17-24-20(22)19-15-6-4-5-7-16(15)29-21(19)25-17/h14H,3-13H2,1-2H3,(H,23,28)(H2,22,24,25). The van der Waals surface area contributed by atoms with Crippen LogP contribution >= 0.6 is 11.3 Å². The maximum absolute atomic E-state index is 12.1. The van der Waals surface area contributed by atoms with Crippen LogP contribution in [-0.4, -0.2) is 64.4 Å². The second-order valence-corrected chi connectivity index (χ2v) is 9.43. The smallest absolute Gasteiger partial charge is 0.234 e. The van der Waals surface area contributed by atoms with Crippen LogP contribution in [0.15, 0.2) is 0 Å². The van der Waals surface area contributed by atoms with Gasteiger partial charge in [-0.25, -0.2) is 9.97 Å². The molecule has 1 aliphatic heterocycles. The number of hydrogen-bond acceptors (Lipinski definition) is 7. The number of carbonyl (C=O) groups excluding carboxylic acids is 1. The van der Waals surface area contributed by atoms with Crippen LogP contribution in [0, 0.1) is 0 Å².